The third kappa shape index (κ3) is 5.43. The number of amides is 1. The fourth-order valence-electron chi connectivity index (χ4n) is 3.44. The van der Waals surface area contributed by atoms with Crippen LogP contribution in [0.1, 0.15) is 43.5 Å². The average Bonchev–Trinajstić information content (AvgIpc) is 2.77. The largest absolute Gasteiger partial charge is 0.449 e. The number of carbonyl (C=O) groups excluding carboxylic acids is 2. The first-order chi connectivity index (χ1) is 15.1. The summed E-state index contributed by atoms with van der Waals surface area (Å²) in [6.07, 6.45) is 1.54. The number of piperidine rings is 1. The SMILES string of the molecule is CC(OC(=O)c1ccc(S(=O)(=O)N2CCCCC2C)cc1)C(=O)Nc1cccc(Cl)c1Cl. The minimum atomic E-state index is -3.64. The molecule has 2 unspecified atom stereocenters. The van der Waals surface area contributed by atoms with Gasteiger partial charge < -0.3 is 10.1 Å². The molecule has 0 spiro atoms. The molecule has 2 atom stereocenters. The molecule has 1 heterocycles. The molecule has 0 bridgehead atoms. The Balaban J connectivity index is 1.65. The van der Waals surface area contributed by atoms with Crippen LogP contribution in [0.2, 0.25) is 10.0 Å². The molecule has 0 saturated carbocycles. The topological polar surface area (TPSA) is 92.8 Å². The summed E-state index contributed by atoms with van der Waals surface area (Å²) in [4.78, 5) is 24.9. The molecule has 32 heavy (non-hydrogen) atoms. The first-order valence-electron chi connectivity index (χ1n) is 10.2. The summed E-state index contributed by atoms with van der Waals surface area (Å²) in [6.45, 7) is 3.80. The summed E-state index contributed by atoms with van der Waals surface area (Å²) in [7, 11) is -3.64. The lowest BCUT2D eigenvalue weighted by atomic mass is 10.1. The van der Waals surface area contributed by atoms with Gasteiger partial charge in [-0.2, -0.15) is 4.31 Å². The van der Waals surface area contributed by atoms with Crippen molar-refractivity contribution in [3.63, 3.8) is 0 Å². The van der Waals surface area contributed by atoms with Crippen molar-refractivity contribution in [2.24, 2.45) is 0 Å². The summed E-state index contributed by atoms with van der Waals surface area (Å²) < 4.78 is 32.5. The molecule has 1 aliphatic rings. The number of carbonyl (C=O) groups is 2. The molecule has 0 aliphatic carbocycles. The first kappa shape index (κ1) is 24.5. The van der Waals surface area contributed by atoms with E-state index in [1.54, 1.807) is 18.2 Å². The molecule has 1 N–H and O–H groups in total. The number of nitrogens with one attached hydrogen (secondary N) is 1. The van der Waals surface area contributed by atoms with Crippen molar-refractivity contribution < 1.29 is 22.7 Å². The van der Waals surface area contributed by atoms with Gasteiger partial charge in [-0.15, -0.1) is 0 Å². The van der Waals surface area contributed by atoms with E-state index in [-0.39, 0.29) is 26.5 Å². The zero-order chi connectivity index (χ0) is 23.5. The van der Waals surface area contributed by atoms with E-state index in [0.717, 1.165) is 19.3 Å². The third-order valence-corrected chi connectivity index (χ3v) is 8.15. The number of benzene rings is 2. The summed E-state index contributed by atoms with van der Waals surface area (Å²) in [5.74, 6) is -1.33. The lowest BCUT2D eigenvalue weighted by Gasteiger charge is -2.32. The van der Waals surface area contributed by atoms with Crippen molar-refractivity contribution in [3.05, 3.63) is 58.1 Å². The van der Waals surface area contributed by atoms with E-state index in [1.807, 2.05) is 6.92 Å². The molecule has 1 aliphatic heterocycles. The van der Waals surface area contributed by atoms with Crippen molar-refractivity contribution in [1.82, 2.24) is 4.31 Å². The summed E-state index contributed by atoms with van der Waals surface area (Å²) in [5, 5.41) is 3.02. The molecule has 172 valence electrons. The van der Waals surface area contributed by atoms with Crippen molar-refractivity contribution in [1.29, 1.82) is 0 Å². The lowest BCUT2D eigenvalue weighted by Crippen LogP contribution is -2.41. The van der Waals surface area contributed by atoms with Gasteiger partial charge in [-0.25, -0.2) is 13.2 Å². The maximum atomic E-state index is 12.9. The zero-order valence-corrected chi connectivity index (χ0v) is 20.0. The van der Waals surface area contributed by atoms with Crippen molar-refractivity contribution in [2.45, 2.75) is 50.2 Å². The van der Waals surface area contributed by atoms with E-state index >= 15 is 0 Å². The van der Waals surface area contributed by atoms with Crippen molar-refractivity contribution in [2.75, 3.05) is 11.9 Å². The molecule has 2 aromatic carbocycles. The van der Waals surface area contributed by atoms with Crippen LogP contribution in [0.15, 0.2) is 47.4 Å². The van der Waals surface area contributed by atoms with Gasteiger partial charge in [-0.3, -0.25) is 4.79 Å². The summed E-state index contributed by atoms with van der Waals surface area (Å²) in [5.41, 5.74) is 0.435. The fourth-order valence-corrected chi connectivity index (χ4v) is 5.49. The molecule has 1 fully saturated rings. The molecular formula is C22H24Cl2N2O5S. The maximum absolute atomic E-state index is 12.9. The van der Waals surface area contributed by atoms with Gasteiger partial charge in [-0.05, 0) is 63.1 Å². The highest BCUT2D eigenvalue weighted by Crippen LogP contribution is 2.30. The number of esters is 1. The Morgan fingerprint density at radius 2 is 1.81 bits per heavy atom. The van der Waals surface area contributed by atoms with Gasteiger partial charge in [0, 0.05) is 12.6 Å². The van der Waals surface area contributed by atoms with Crippen LogP contribution >= 0.6 is 23.2 Å². The highest BCUT2D eigenvalue weighted by Gasteiger charge is 2.31. The molecule has 1 saturated heterocycles. The van der Waals surface area contributed by atoms with E-state index in [4.69, 9.17) is 27.9 Å². The van der Waals surface area contributed by atoms with Gasteiger partial charge in [0.25, 0.3) is 5.91 Å². The van der Waals surface area contributed by atoms with Crippen LogP contribution in [-0.2, 0) is 19.6 Å². The van der Waals surface area contributed by atoms with Crippen LogP contribution in [0.25, 0.3) is 0 Å². The quantitative estimate of drug-likeness (QED) is 0.580. The molecule has 1 amide bonds. The number of nitrogens with zero attached hydrogens (tertiary/aromatic N) is 1. The summed E-state index contributed by atoms with van der Waals surface area (Å²) in [6, 6.07) is 10.2. The Hall–Kier alpha value is -2.13. The van der Waals surface area contributed by atoms with Gasteiger partial charge >= 0.3 is 5.97 Å². The van der Waals surface area contributed by atoms with E-state index in [9.17, 15) is 18.0 Å². The Kier molecular flexibility index (Phi) is 7.82. The van der Waals surface area contributed by atoms with Crippen LogP contribution in [0.3, 0.4) is 0 Å². The molecule has 7 nitrogen and oxygen atoms in total. The number of rotatable bonds is 6. The average molecular weight is 499 g/mol. The van der Waals surface area contributed by atoms with Gasteiger partial charge in [0.05, 0.1) is 26.2 Å². The zero-order valence-electron chi connectivity index (χ0n) is 17.7. The molecule has 0 aromatic heterocycles. The Morgan fingerprint density at radius 3 is 2.47 bits per heavy atom. The first-order valence-corrected chi connectivity index (χ1v) is 12.4. The molecule has 0 radical (unpaired) electrons. The lowest BCUT2D eigenvalue weighted by molar-refractivity contribution is -0.123. The van der Waals surface area contributed by atoms with Crippen LogP contribution in [-0.4, -0.2) is 43.3 Å². The van der Waals surface area contributed by atoms with Crippen LogP contribution in [0.4, 0.5) is 5.69 Å². The highest BCUT2D eigenvalue weighted by atomic mass is 35.5. The molecule has 2 aromatic rings. The number of ether oxygens (including phenoxy) is 1. The second-order valence-corrected chi connectivity index (χ2v) is 10.3. The normalized spacial score (nSPS) is 18.1. The summed E-state index contributed by atoms with van der Waals surface area (Å²) >= 11 is 12.0. The highest BCUT2D eigenvalue weighted by molar-refractivity contribution is 7.89. The number of halogens is 2. The minimum absolute atomic E-state index is 0.0641. The Morgan fingerprint density at radius 1 is 1.12 bits per heavy atom. The third-order valence-electron chi connectivity index (χ3n) is 5.30. The van der Waals surface area contributed by atoms with E-state index in [0.29, 0.717) is 12.2 Å². The van der Waals surface area contributed by atoms with E-state index < -0.39 is 28.0 Å². The number of hydrogen-bond donors (Lipinski definition) is 1. The maximum Gasteiger partial charge on any atom is 0.338 e. The second kappa shape index (κ2) is 10.2. The predicted octanol–water partition coefficient (Wildman–Crippen LogP) is 4.74. The van der Waals surface area contributed by atoms with Crippen molar-refractivity contribution >= 4 is 50.8 Å². The Labute approximate surface area is 197 Å². The predicted molar refractivity (Wildman–Crippen MR) is 124 cm³/mol. The second-order valence-electron chi connectivity index (χ2n) is 7.62. The number of sulfonamides is 1. The Bertz CT molecular complexity index is 1110. The smallest absolute Gasteiger partial charge is 0.338 e. The van der Waals surface area contributed by atoms with E-state index in [2.05, 4.69) is 5.32 Å². The van der Waals surface area contributed by atoms with E-state index in [1.165, 1.54) is 35.5 Å². The monoisotopic (exact) mass is 498 g/mol. The van der Waals surface area contributed by atoms with Gasteiger partial charge in [-0.1, -0.05) is 35.7 Å². The van der Waals surface area contributed by atoms with Crippen LogP contribution < -0.4 is 5.32 Å². The van der Waals surface area contributed by atoms with Gasteiger partial charge in [0.1, 0.15) is 0 Å². The minimum Gasteiger partial charge on any atom is -0.449 e. The van der Waals surface area contributed by atoms with Crippen molar-refractivity contribution in [3.8, 4) is 0 Å². The number of hydrogen-bond acceptors (Lipinski definition) is 5. The fraction of sp³-hybridized carbons (Fsp3) is 0.364. The molecular weight excluding hydrogens is 475 g/mol. The number of anilines is 1. The van der Waals surface area contributed by atoms with Gasteiger partial charge in [0.15, 0.2) is 6.10 Å². The van der Waals surface area contributed by atoms with Crippen LogP contribution in [0.5, 0.6) is 0 Å². The molecule has 3 rings (SSSR count). The standard InChI is InChI=1S/C22H24Cl2N2O5S/c1-14-6-3-4-13-26(14)32(29,30)17-11-9-16(10-12-17)22(28)31-15(2)21(27)25-19-8-5-7-18(23)20(19)24/h5,7-12,14-15H,3-4,6,13H2,1-2H3,(H,25,27). The van der Waals surface area contributed by atoms with Gasteiger partial charge in [0.2, 0.25) is 10.0 Å². The molecule has 10 heteroatoms. The van der Waals surface area contributed by atoms with Crippen LogP contribution in [0, 0.1) is 0 Å².